The normalized spacial score (nSPS) is 17.8. The fraction of sp³-hybridized carbons (Fsp3) is 0.533. The molecule has 1 aliphatic carbocycles. The maximum atomic E-state index is 10.6. The number of rotatable bonds is 4. The molecule has 1 aromatic carbocycles. The standard InChI is InChI=1S/C15H19NO2/c1-18-14-9-7-13(8-10-14)15(16-11-17)12-5-3-2-4-6-12/h7-10,12,15H,2-6H2,1H3. The number of nitrogens with zero attached hydrogens (tertiary/aromatic N) is 1. The van der Waals surface area contributed by atoms with Gasteiger partial charge in [-0.1, -0.05) is 31.4 Å². The van der Waals surface area contributed by atoms with E-state index in [1.165, 1.54) is 19.3 Å². The molecule has 0 heterocycles. The lowest BCUT2D eigenvalue weighted by atomic mass is 9.81. The van der Waals surface area contributed by atoms with Crippen molar-refractivity contribution >= 4 is 6.08 Å². The number of carbonyl (C=O) groups excluding carboxylic acids is 1. The van der Waals surface area contributed by atoms with Crippen molar-refractivity contribution in [2.45, 2.75) is 38.1 Å². The number of benzene rings is 1. The molecule has 1 aliphatic rings. The van der Waals surface area contributed by atoms with Crippen molar-refractivity contribution in [3.8, 4) is 5.75 Å². The average molecular weight is 245 g/mol. The second-order valence-electron chi connectivity index (χ2n) is 4.84. The summed E-state index contributed by atoms with van der Waals surface area (Å²) < 4.78 is 5.15. The average Bonchev–Trinajstić information content (AvgIpc) is 2.46. The molecule has 1 aromatic rings. The van der Waals surface area contributed by atoms with Crippen molar-refractivity contribution in [2.24, 2.45) is 10.9 Å². The molecule has 0 saturated heterocycles. The van der Waals surface area contributed by atoms with Gasteiger partial charge in [0.2, 0.25) is 6.08 Å². The number of isocyanates is 1. The Morgan fingerprint density at radius 3 is 2.44 bits per heavy atom. The fourth-order valence-electron chi connectivity index (χ4n) is 2.76. The molecule has 0 bridgehead atoms. The number of methoxy groups -OCH3 is 1. The van der Waals surface area contributed by atoms with E-state index in [4.69, 9.17) is 4.74 Å². The summed E-state index contributed by atoms with van der Waals surface area (Å²) in [4.78, 5) is 14.7. The molecule has 3 nitrogen and oxygen atoms in total. The van der Waals surface area contributed by atoms with Crippen LogP contribution < -0.4 is 4.74 Å². The van der Waals surface area contributed by atoms with E-state index in [2.05, 4.69) is 4.99 Å². The Morgan fingerprint density at radius 1 is 1.22 bits per heavy atom. The topological polar surface area (TPSA) is 38.7 Å². The van der Waals surface area contributed by atoms with Gasteiger partial charge >= 0.3 is 0 Å². The lowest BCUT2D eigenvalue weighted by Gasteiger charge is -2.26. The molecule has 1 saturated carbocycles. The van der Waals surface area contributed by atoms with Gasteiger partial charge in [-0.05, 0) is 36.5 Å². The Labute approximate surface area is 108 Å². The zero-order chi connectivity index (χ0) is 12.8. The summed E-state index contributed by atoms with van der Waals surface area (Å²) in [5, 5.41) is 0. The van der Waals surface area contributed by atoms with Crippen molar-refractivity contribution in [3.05, 3.63) is 29.8 Å². The van der Waals surface area contributed by atoms with Crippen LogP contribution >= 0.6 is 0 Å². The maximum Gasteiger partial charge on any atom is 0.235 e. The highest BCUT2D eigenvalue weighted by molar-refractivity contribution is 5.37. The Hall–Kier alpha value is -1.60. The lowest BCUT2D eigenvalue weighted by molar-refractivity contribution is 0.308. The fourth-order valence-corrected chi connectivity index (χ4v) is 2.76. The van der Waals surface area contributed by atoms with E-state index >= 15 is 0 Å². The smallest absolute Gasteiger partial charge is 0.235 e. The van der Waals surface area contributed by atoms with Crippen LogP contribution in [-0.2, 0) is 4.79 Å². The van der Waals surface area contributed by atoms with E-state index in [0.29, 0.717) is 5.92 Å². The van der Waals surface area contributed by atoms with Crippen molar-refractivity contribution in [2.75, 3.05) is 7.11 Å². The Morgan fingerprint density at radius 2 is 1.89 bits per heavy atom. The predicted molar refractivity (Wildman–Crippen MR) is 70.4 cm³/mol. The molecular weight excluding hydrogens is 226 g/mol. The number of aliphatic imine (C=N–C) groups is 1. The van der Waals surface area contributed by atoms with Crippen LogP contribution in [0.1, 0.15) is 43.7 Å². The van der Waals surface area contributed by atoms with Crippen LogP contribution in [0.2, 0.25) is 0 Å². The summed E-state index contributed by atoms with van der Waals surface area (Å²) in [5.41, 5.74) is 1.09. The second-order valence-corrected chi connectivity index (χ2v) is 4.84. The minimum Gasteiger partial charge on any atom is -0.497 e. The molecule has 96 valence electrons. The monoisotopic (exact) mass is 245 g/mol. The zero-order valence-electron chi connectivity index (χ0n) is 10.8. The SMILES string of the molecule is COc1ccc(C(N=C=O)C2CCCCC2)cc1. The van der Waals surface area contributed by atoms with Gasteiger partial charge in [0.05, 0.1) is 13.2 Å². The molecule has 0 amide bonds. The first-order chi connectivity index (χ1) is 8.85. The van der Waals surface area contributed by atoms with E-state index in [1.807, 2.05) is 24.3 Å². The van der Waals surface area contributed by atoms with Gasteiger partial charge in [-0.15, -0.1) is 0 Å². The molecule has 18 heavy (non-hydrogen) atoms. The molecule has 0 spiro atoms. The maximum absolute atomic E-state index is 10.6. The van der Waals surface area contributed by atoms with Crippen LogP contribution in [0.3, 0.4) is 0 Å². The second kappa shape index (κ2) is 6.36. The molecule has 0 N–H and O–H groups in total. The largest absolute Gasteiger partial charge is 0.497 e. The number of hydrogen-bond donors (Lipinski definition) is 0. The third kappa shape index (κ3) is 2.99. The minimum absolute atomic E-state index is 0.0336. The van der Waals surface area contributed by atoms with Gasteiger partial charge in [-0.25, -0.2) is 4.79 Å². The van der Waals surface area contributed by atoms with E-state index in [1.54, 1.807) is 13.2 Å². The summed E-state index contributed by atoms with van der Waals surface area (Å²) >= 11 is 0. The van der Waals surface area contributed by atoms with Gasteiger partial charge in [0.25, 0.3) is 0 Å². The quantitative estimate of drug-likeness (QED) is 0.600. The van der Waals surface area contributed by atoms with Crippen LogP contribution in [0, 0.1) is 5.92 Å². The Kier molecular flexibility index (Phi) is 4.54. The minimum atomic E-state index is -0.0336. The van der Waals surface area contributed by atoms with E-state index in [9.17, 15) is 4.79 Å². The number of ether oxygens (including phenoxy) is 1. The van der Waals surface area contributed by atoms with Crippen LogP contribution in [0.25, 0.3) is 0 Å². The Balaban J connectivity index is 2.19. The van der Waals surface area contributed by atoms with Crippen LogP contribution in [-0.4, -0.2) is 13.2 Å². The predicted octanol–water partition coefficient (Wildman–Crippen LogP) is 3.65. The van der Waals surface area contributed by atoms with Gasteiger partial charge in [0.15, 0.2) is 0 Å². The first kappa shape index (κ1) is 12.8. The van der Waals surface area contributed by atoms with Gasteiger partial charge in [-0.3, -0.25) is 0 Å². The van der Waals surface area contributed by atoms with E-state index in [-0.39, 0.29) is 6.04 Å². The van der Waals surface area contributed by atoms with Crippen molar-refractivity contribution in [1.82, 2.24) is 0 Å². The lowest BCUT2D eigenvalue weighted by Crippen LogP contribution is -2.14. The van der Waals surface area contributed by atoms with Crippen LogP contribution in [0.15, 0.2) is 29.3 Å². The van der Waals surface area contributed by atoms with Gasteiger partial charge in [0, 0.05) is 0 Å². The number of hydrogen-bond acceptors (Lipinski definition) is 3. The summed E-state index contributed by atoms with van der Waals surface area (Å²) in [5.74, 6) is 1.31. The van der Waals surface area contributed by atoms with Crippen LogP contribution in [0.4, 0.5) is 0 Å². The summed E-state index contributed by atoms with van der Waals surface area (Å²) in [6.07, 6.45) is 7.83. The highest BCUT2D eigenvalue weighted by Crippen LogP contribution is 2.37. The van der Waals surface area contributed by atoms with Gasteiger partial charge < -0.3 is 4.74 Å². The highest BCUT2D eigenvalue weighted by Gasteiger charge is 2.24. The molecule has 1 unspecified atom stereocenters. The third-order valence-electron chi connectivity index (χ3n) is 3.75. The molecule has 0 aromatic heterocycles. The molecule has 1 atom stereocenters. The molecule has 1 fully saturated rings. The van der Waals surface area contributed by atoms with Crippen molar-refractivity contribution in [3.63, 3.8) is 0 Å². The first-order valence-corrected chi connectivity index (χ1v) is 6.56. The molecule has 3 heteroatoms. The molecule has 2 rings (SSSR count). The van der Waals surface area contributed by atoms with Crippen LogP contribution in [0.5, 0.6) is 5.75 Å². The first-order valence-electron chi connectivity index (χ1n) is 6.56. The van der Waals surface area contributed by atoms with E-state index in [0.717, 1.165) is 24.2 Å². The van der Waals surface area contributed by atoms with Crippen molar-refractivity contribution < 1.29 is 9.53 Å². The highest BCUT2D eigenvalue weighted by atomic mass is 16.5. The Bertz CT molecular complexity index is 415. The third-order valence-corrected chi connectivity index (χ3v) is 3.75. The molecule has 0 aliphatic heterocycles. The summed E-state index contributed by atoms with van der Waals surface area (Å²) in [6.45, 7) is 0. The summed E-state index contributed by atoms with van der Waals surface area (Å²) in [7, 11) is 1.65. The zero-order valence-corrected chi connectivity index (χ0v) is 10.8. The van der Waals surface area contributed by atoms with Gasteiger partial charge in [0.1, 0.15) is 5.75 Å². The summed E-state index contributed by atoms with van der Waals surface area (Å²) in [6, 6.07) is 7.81. The van der Waals surface area contributed by atoms with Gasteiger partial charge in [-0.2, -0.15) is 4.99 Å². The van der Waals surface area contributed by atoms with Crippen molar-refractivity contribution in [1.29, 1.82) is 0 Å². The molecule has 0 radical (unpaired) electrons. The van der Waals surface area contributed by atoms with E-state index < -0.39 is 0 Å². The molecular formula is C15H19NO2.